The molecule has 0 aromatic carbocycles. The number of hydrogen-bond donors (Lipinski definition) is 0. The van der Waals surface area contributed by atoms with E-state index in [1.54, 1.807) is 0 Å². The number of nitrogens with zero attached hydrogens (tertiary/aromatic N) is 1. The average Bonchev–Trinajstić information content (AvgIpc) is 2.39. The van der Waals surface area contributed by atoms with Gasteiger partial charge in [-0.05, 0) is 37.8 Å². The summed E-state index contributed by atoms with van der Waals surface area (Å²) in [5, 5.41) is 0. The number of ether oxygens (including phenoxy) is 1. The summed E-state index contributed by atoms with van der Waals surface area (Å²) in [6.07, 6.45) is 6.93. The van der Waals surface area contributed by atoms with Gasteiger partial charge in [-0.1, -0.05) is 32.3 Å². The zero-order chi connectivity index (χ0) is 14.1. The number of carbonyl (C=O) groups is 1. The predicted octanol–water partition coefficient (Wildman–Crippen LogP) is 4.01. The molecule has 0 saturated heterocycles. The second-order valence-electron chi connectivity index (χ2n) is 4.93. The van der Waals surface area contributed by atoms with Crippen LogP contribution < -0.4 is 0 Å². The number of carbonyl (C=O) groups excluding carboxylic acids is 1. The quantitative estimate of drug-likeness (QED) is 0.525. The number of aryl methyl sites for hydroxylation is 1. The summed E-state index contributed by atoms with van der Waals surface area (Å²) in [4.78, 5) is 16.0. The Labute approximate surface area is 116 Å². The standard InChI is InChI=1S/C16H25NO2/c1-4-6-7-8-14(11-16(18)19-5-2)15-10-9-13(3)17-12-15/h9-10,12,14H,4-8,11H2,1-3H3. The lowest BCUT2D eigenvalue weighted by molar-refractivity contribution is -0.143. The fraction of sp³-hybridized carbons (Fsp3) is 0.625. The van der Waals surface area contributed by atoms with Gasteiger partial charge in [-0.3, -0.25) is 9.78 Å². The fourth-order valence-corrected chi connectivity index (χ4v) is 2.17. The highest BCUT2D eigenvalue weighted by molar-refractivity contribution is 5.70. The molecule has 0 spiro atoms. The maximum absolute atomic E-state index is 11.7. The first-order valence-corrected chi connectivity index (χ1v) is 7.25. The van der Waals surface area contributed by atoms with Crippen LogP contribution in [0.5, 0.6) is 0 Å². The third-order valence-electron chi connectivity index (χ3n) is 3.28. The van der Waals surface area contributed by atoms with E-state index < -0.39 is 0 Å². The highest BCUT2D eigenvalue weighted by Crippen LogP contribution is 2.26. The second-order valence-corrected chi connectivity index (χ2v) is 4.93. The highest BCUT2D eigenvalue weighted by Gasteiger charge is 2.16. The van der Waals surface area contributed by atoms with Gasteiger partial charge >= 0.3 is 5.97 Å². The van der Waals surface area contributed by atoms with Crippen molar-refractivity contribution in [3.8, 4) is 0 Å². The van der Waals surface area contributed by atoms with Crippen LogP contribution in [0.1, 0.15) is 63.1 Å². The molecule has 1 atom stereocenters. The van der Waals surface area contributed by atoms with Gasteiger partial charge < -0.3 is 4.74 Å². The normalized spacial score (nSPS) is 12.2. The van der Waals surface area contributed by atoms with Crippen molar-refractivity contribution in [2.45, 2.75) is 58.8 Å². The summed E-state index contributed by atoms with van der Waals surface area (Å²) in [7, 11) is 0. The van der Waals surface area contributed by atoms with Crippen LogP contribution in [0, 0.1) is 6.92 Å². The number of unbranched alkanes of at least 4 members (excludes halogenated alkanes) is 2. The molecule has 0 saturated carbocycles. The summed E-state index contributed by atoms with van der Waals surface area (Å²) >= 11 is 0. The van der Waals surface area contributed by atoms with Crippen molar-refractivity contribution in [1.82, 2.24) is 4.98 Å². The Bertz CT molecular complexity index is 373. The van der Waals surface area contributed by atoms with Crippen molar-refractivity contribution < 1.29 is 9.53 Å². The van der Waals surface area contributed by atoms with E-state index in [0.29, 0.717) is 13.0 Å². The van der Waals surface area contributed by atoms with E-state index in [0.717, 1.165) is 24.1 Å². The zero-order valence-corrected chi connectivity index (χ0v) is 12.3. The number of pyridine rings is 1. The SMILES string of the molecule is CCCCCC(CC(=O)OCC)c1ccc(C)nc1. The topological polar surface area (TPSA) is 39.2 Å². The molecule has 3 heteroatoms. The molecule has 3 nitrogen and oxygen atoms in total. The fourth-order valence-electron chi connectivity index (χ4n) is 2.17. The largest absolute Gasteiger partial charge is 0.466 e. The molecular weight excluding hydrogens is 238 g/mol. The third-order valence-corrected chi connectivity index (χ3v) is 3.28. The molecule has 0 radical (unpaired) electrons. The minimum Gasteiger partial charge on any atom is -0.466 e. The molecule has 0 aliphatic heterocycles. The van der Waals surface area contributed by atoms with Crippen LogP contribution in [0.25, 0.3) is 0 Å². The van der Waals surface area contributed by atoms with E-state index in [2.05, 4.69) is 18.0 Å². The van der Waals surface area contributed by atoms with Gasteiger partial charge in [0.1, 0.15) is 0 Å². The Balaban J connectivity index is 2.67. The highest BCUT2D eigenvalue weighted by atomic mass is 16.5. The van der Waals surface area contributed by atoms with Crippen LogP contribution in [0.4, 0.5) is 0 Å². The lowest BCUT2D eigenvalue weighted by atomic mass is 9.91. The summed E-state index contributed by atoms with van der Waals surface area (Å²) < 4.78 is 5.06. The lowest BCUT2D eigenvalue weighted by Crippen LogP contribution is -2.11. The van der Waals surface area contributed by atoms with Gasteiger partial charge in [0.05, 0.1) is 13.0 Å². The summed E-state index contributed by atoms with van der Waals surface area (Å²) in [6, 6.07) is 4.09. The molecule has 1 unspecified atom stereocenters. The molecule has 0 aliphatic rings. The molecule has 0 bridgehead atoms. The molecule has 1 aromatic rings. The van der Waals surface area contributed by atoms with E-state index in [-0.39, 0.29) is 11.9 Å². The first kappa shape index (κ1) is 15.7. The molecule has 106 valence electrons. The molecule has 1 rings (SSSR count). The van der Waals surface area contributed by atoms with Gasteiger partial charge in [0.15, 0.2) is 0 Å². The number of hydrogen-bond acceptors (Lipinski definition) is 3. The molecule has 19 heavy (non-hydrogen) atoms. The van der Waals surface area contributed by atoms with Crippen LogP contribution in [0.3, 0.4) is 0 Å². The minimum absolute atomic E-state index is 0.107. The Morgan fingerprint density at radius 3 is 2.68 bits per heavy atom. The van der Waals surface area contributed by atoms with Crippen LogP contribution in [-0.4, -0.2) is 17.6 Å². The van der Waals surface area contributed by atoms with E-state index in [4.69, 9.17) is 4.74 Å². The monoisotopic (exact) mass is 263 g/mol. The molecular formula is C16H25NO2. The molecule has 0 amide bonds. The van der Waals surface area contributed by atoms with Crippen LogP contribution in [0.2, 0.25) is 0 Å². The first-order valence-electron chi connectivity index (χ1n) is 7.25. The van der Waals surface area contributed by atoms with Crippen molar-refractivity contribution in [2.24, 2.45) is 0 Å². The van der Waals surface area contributed by atoms with Crippen molar-refractivity contribution in [2.75, 3.05) is 6.61 Å². The Kier molecular flexibility index (Phi) is 7.16. The van der Waals surface area contributed by atoms with Gasteiger partial charge in [-0.2, -0.15) is 0 Å². The number of aromatic nitrogens is 1. The molecule has 0 N–H and O–H groups in total. The zero-order valence-electron chi connectivity index (χ0n) is 12.3. The molecule has 1 heterocycles. The summed E-state index contributed by atoms with van der Waals surface area (Å²) in [5.41, 5.74) is 2.15. The average molecular weight is 263 g/mol. The van der Waals surface area contributed by atoms with Gasteiger partial charge in [-0.15, -0.1) is 0 Å². The van der Waals surface area contributed by atoms with E-state index in [1.165, 1.54) is 12.8 Å². The van der Waals surface area contributed by atoms with Gasteiger partial charge in [0, 0.05) is 11.9 Å². The predicted molar refractivity (Wildman–Crippen MR) is 77.1 cm³/mol. The third kappa shape index (κ3) is 5.86. The Morgan fingerprint density at radius 1 is 1.32 bits per heavy atom. The van der Waals surface area contributed by atoms with E-state index >= 15 is 0 Å². The molecule has 0 fully saturated rings. The van der Waals surface area contributed by atoms with Crippen molar-refractivity contribution >= 4 is 5.97 Å². The smallest absolute Gasteiger partial charge is 0.306 e. The number of esters is 1. The van der Waals surface area contributed by atoms with E-state index in [1.807, 2.05) is 26.1 Å². The van der Waals surface area contributed by atoms with Crippen molar-refractivity contribution in [1.29, 1.82) is 0 Å². The molecule has 0 aliphatic carbocycles. The van der Waals surface area contributed by atoms with Gasteiger partial charge in [0.25, 0.3) is 0 Å². The lowest BCUT2D eigenvalue weighted by Gasteiger charge is -2.16. The van der Waals surface area contributed by atoms with Crippen LogP contribution in [0.15, 0.2) is 18.3 Å². The minimum atomic E-state index is -0.107. The van der Waals surface area contributed by atoms with E-state index in [9.17, 15) is 4.79 Å². The summed E-state index contributed by atoms with van der Waals surface area (Å²) in [6.45, 7) is 6.46. The van der Waals surface area contributed by atoms with Gasteiger partial charge in [0.2, 0.25) is 0 Å². The van der Waals surface area contributed by atoms with Crippen LogP contribution in [-0.2, 0) is 9.53 Å². The van der Waals surface area contributed by atoms with Gasteiger partial charge in [-0.25, -0.2) is 0 Å². The second kappa shape index (κ2) is 8.68. The van der Waals surface area contributed by atoms with Crippen molar-refractivity contribution in [3.63, 3.8) is 0 Å². The van der Waals surface area contributed by atoms with Crippen molar-refractivity contribution in [3.05, 3.63) is 29.6 Å². The molecule has 1 aromatic heterocycles. The maximum atomic E-state index is 11.7. The van der Waals surface area contributed by atoms with Crippen LogP contribution >= 0.6 is 0 Å². The Hall–Kier alpha value is -1.38. The first-order chi connectivity index (χ1) is 9.17. The number of rotatable bonds is 8. The Morgan fingerprint density at radius 2 is 2.11 bits per heavy atom. The maximum Gasteiger partial charge on any atom is 0.306 e. The summed E-state index contributed by atoms with van der Waals surface area (Å²) in [5.74, 6) is 0.128.